The Labute approximate surface area is 138 Å². The fraction of sp³-hybridized carbons (Fsp3) is 0.118. The lowest BCUT2D eigenvalue weighted by atomic mass is 9.95. The van der Waals surface area contributed by atoms with Crippen LogP contribution in [-0.4, -0.2) is 21.0 Å². The number of hydrogen-bond acceptors (Lipinski definition) is 4. The zero-order valence-electron chi connectivity index (χ0n) is 12.3. The number of esters is 1. The molecule has 0 atom stereocenters. The van der Waals surface area contributed by atoms with E-state index in [1.165, 1.54) is 36.4 Å². The first-order chi connectivity index (χ1) is 11.5. The van der Waals surface area contributed by atoms with E-state index in [4.69, 9.17) is 4.74 Å². The van der Waals surface area contributed by atoms with Crippen molar-refractivity contribution >= 4 is 27.8 Å². The Morgan fingerprint density at radius 1 is 1.04 bits per heavy atom. The lowest BCUT2D eigenvalue weighted by Gasteiger charge is -2.07. The van der Waals surface area contributed by atoms with E-state index in [-0.39, 0.29) is 23.5 Å². The van der Waals surface area contributed by atoms with Gasteiger partial charge < -0.3 is 4.74 Å². The summed E-state index contributed by atoms with van der Waals surface area (Å²) in [6, 6.07) is 9.28. The zero-order valence-corrected chi connectivity index (χ0v) is 13.2. The third kappa shape index (κ3) is 3.21. The smallest absolute Gasteiger partial charge is 0.339 e. The van der Waals surface area contributed by atoms with Crippen LogP contribution in [0.5, 0.6) is 0 Å². The highest BCUT2D eigenvalue weighted by Crippen LogP contribution is 2.34. The summed E-state index contributed by atoms with van der Waals surface area (Å²) in [6.45, 7) is -0.0996. The highest BCUT2D eigenvalue weighted by molar-refractivity contribution is 7.71. The maximum Gasteiger partial charge on any atom is 0.339 e. The minimum atomic E-state index is -2.66. The number of hydrogen-bond donors (Lipinski definition) is 1. The highest BCUT2D eigenvalue weighted by atomic mass is 32.2. The van der Waals surface area contributed by atoms with Gasteiger partial charge in [0.25, 0.3) is 0 Å². The molecule has 0 aromatic heterocycles. The van der Waals surface area contributed by atoms with Gasteiger partial charge in [-0.15, -0.1) is 0 Å². The highest BCUT2D eigenvalue weighted by Gasteiger charge is 2.28. The normalized spacial score (nSPS) is 14.4. The van der Waals surface area contributed by atoms with E-state index in [1.807, 2.05) is 0 Å². The van der Waals surface area contributed by atoms with Crippen molar-refractivity contribution in [1.29, 1.82) is 0 Å². The molecule has 2 aromatic rings. The number of carbonyl (C=O) groups is 1. The van der Waals surface area contributed by atoms with Crippen LogP contribution in [0.15, 0.2) is 42.5 Å². The molecule has 3 rings (SSSR count). The molecule has 7 heteroatoms. The number of carbonyl (C=O) groups excluding carboxylic acids is 1. The van der Waals surface area contributed by atoms with Gasteiger partial charge in [-0.25, -0.2) is 22.0 Å². The number of cyclic esters (lactones) is 1. The first-order valence-corrected chi connectivity index (χ1v) is 8.39. The van der Waals surface area contributed by atoms with Crippen LogP contribution in [0.2, 0.25) is 0 Å². The van der Waals surface area contributed by atoms with Crippen LogP contribution in [0.25, 0.3) is 11.1 Å². The largest absolute Gasteiger partial charge is 0.457 e. The van der Waals surface area contributed by atoms with Gasteiger partial charge in [0.15, 0.2) is 0 Å². The van der Waals surface area contributed by atoms with E-state index in [0.717, 1.165) is 6.07 Å². The first-order valence-electron chi connectivity index (χ1n) is 7.02. The monoisotopic (exact) mass is 350 g/mol. The van der Waals surface area contributed by atoms with Crippen molar-refractivity contribution in [2.45, 2.75) is 5.75 Å². The Bertz CT molecular complexity index is 907. The van der Waals surface area contributed by atoms with Gasteiger partial charge in [0, 0.05) is 11.1 Å². The number of thiol groups is 1. The Balaban J connectivity index is 2.08. The molecule has 0 saturated carbocycles. The van der Waals surface area contributed by atoms with Crippen molar-refractivity contribution in [3.8, 4) is 0 Å². The summed E-state index contributed by atoms with van der Waals surface area (Å²) in [5, 5.41) is 0. The fourth-order valence-electron chi connectivity index (χ4n) is 2.58. The second-order valence-corrected chi connectivity index (χ2v) is 6.22. The lowest BCUT2D eigenvalue weighted by Crippen LogP contribution is -1.99. The molecular weight excluding hydrogens is 338 g/mol. The summed E-state index contributed by atoms with van der Waals surface area (Å²) < 4.78 is 53.9. The second kappa shape index (κ2) is 6.52. The third-order valence-corrected chi connectivity index (χ3v) is 4.28. The van der Waals surface area contributed by atoms with Crippen molar-refractivity contribution in [2.24, 2.45) is 0 Å². The van der Waals surface area contributed by atoms with Gasteiger partial charge in [-0.1, -0.05) is 24.3 Å². The number of benzene rings is 2. The van der Waals surface area contributed by atoms with Crippen LogP contribution >= 0.6 is 0 Å². The van der Waals surface area contributed by atoms with Gasteiger partial charge in [-0.05, 0) is 29.3 Å². The molecule has 1 heterocycles. The summed E-state index contributed by atoms with van der Waals surface area (Å²) in [6.07, 6.45) is 0. The summed E-state index contributed by atoms with van der Waals surface area (Å²) in [7, 11) is -2.66. The van der Waals surface area contributed by atoms with Gasteiger partial charge in [0.2, 0.25) is 0 Å². The van der Waals surface area contributed by atoms with Crippen molar-refractivity contribution in [3.05, 3.63) is 70.8 Å². The van der Waals surface area contributed by atoms with E-state index >= 15 is 0 Å². The molecule has 1 aliphatic rings. The molecule has 2 aromatic carbocycles. The van der Waals surface area contributed by atoms with Crippen molar-refractivity contribution in [3.63, 3.8) is 0 Å². The van der Waals surface area contributed by atoms with Crippen molar-refractivity contribution in [2.75, 3.05) is 6.61 Å². The topological polar surface area (TPSA) is 60.4 Å². The minimum Gasteiger partial charge on any atom is -0.457 e. The maximum atomic E-state index is 14.4. The molecule has 0 fully saturated rings. The van der Waals surface area contributed by atoms with E-state index in [1.54, 1.807) is 0 Å². The van der Waals surface area contributed by atoms with E-state index in [2.05, 4.69) is 0 Å². The van der Waals surface area contributed by atoms with Gasteiger partial charge in [0.05, 0.1) is 11.3 Å². The Kier molecular flexibility index (Phi) is 4.44. The Hall–Kier alpha value is -2.54. The average Bonchev–Trinajstić information content (AvgIpc) is 2.89. The fourth-order valence-corrected chi connectivity index (χ4v) is 3.07. The molecule has 124 valence electrons. The third-order valence-electron chi connectivity index (χ3n) is 3.66. The summed E-state index contributed by atoms with van der Waals surface area (Å²) >= 11 is 0. The standard InChI is InChI=1S/C17H12F2O4S/c18-12-4-2-11(3-5-12)16-14(8-23-17(16)20)13-6-1-10(7-15(13)19)9-24(21)22/h1-7,24H,8-9H2. The molecule has 0 N–H and O–H groups in total. The molecular formula is C17H12F2O4S. The van der Waals surface area contributed by atoms with E-state index in [0.29, 0.717) is 16.7 Å². The second-order valence-electron chi connectivity index (χ2n) is 5.24. The minimum absolute atomic E-state index is 0.0996. The molecule has 0 aliphatic carbocycles. The number of halogens is 2. The SMILES string of the molecule is O=C1OCC(c2ccc(C[SH](=O)=O)cc2F)=C1c1ccc(F)cc1. The van der Waals surface area contributed by atoms with Gasteiger partial charge in [-0.3, -0.25) is 0 Å². The number of rotatable bonds is 4. The molecule has 24 heavy (non-hydrogen) atoms. The zero-order chi connectivity index (χ0) is 17.3. The molecule has 0 unspecified atom stereocenters. The predicted octanol–water partition coefficient (Wildman–Crippen LogP) is 2.54. The van der Waals surface area contributed by atoms with Crippen molar-refractivity contribution < 1.29 is 26.7 Å². The van der Waals surface area contributed by atoms with Gasteiger partial charge in [0.1, 0.15) is 28.9 Å². The summed E-state index contributed by atoms with van der Waals surface area (Å²) in [5.41, 5.74) is 1.44. The summed E-state index contributed by atoms with van der Waals surface area (Å²) in [4.78, 5) is 12.0. The van der Waals surface area contributed by atoms with Crippen LogP contribution in [0, 0.1) is 11.6 Å². The average molecular weight is 350 g/mol. The van der Waals surface area contributed by atoms with Gasteiger partial charge in [-0.2, -0.15) is 0 Å². The predicted molar refractivity (Wildman–Crippen MR) is 84.6 cm³/mol. The quantitative estimate of drug-likeness (QED) is 0.680. The molecule has 0 spiro atoms. The Morgan fingerprint density at radius 2 is 1.75 bits per heavy atom. The lowest BCUT2D eigenvalue weighted by molar-refractivity contribution is -0.133. The maximum absolute atomic E-state index is 14.4. The summed E-state index contributed by atoms with van der Waals surface area (Å²) in [5.74, 6) is -1.96. The van der Waals surface area contributed by atoms with Crippen LogP contribution in [-0.2, 0) is 26.0 Å². The first kappa shape index (κ1) is 16.3. The molecule has 0 bridgehead atoms. The molecule has 1 aliphatic heterocycles. The van der Waals surface area contributed by atoms with Crippen LogP contribution in [0.1, 0.15) is 16.7 Å². The molecule has 0 saturated heterocycles. The Morgan fingerprint density at radius 3 is 2.38 bits per heavy atom. The van der Waals surface area contributed by atoms with E-state index in [9.17, 15) is 22.0 Å². The van der Waals surface area contributed by atoms with E-state index < -0.39 is 28.3 Å². The molecule has 0 radical (unpaired) electrons. The van der Waals surface area contributed by atoms with Crippen molar-refractivity contribution in [1.82, 2.24) is 0 Å². The van der Waals surface area contributed by atoms with Crippen LogP contribution < -0.4 is 0 Å². The van der Waals surface area contributed by atoms with Gasteiger partial charge >= 0.3 is 5.97 Å². The number of ether oxygens (including phenoxy) is 1. The molecule has 4 nitrogen and oxygen atoms in total. The van der Waals surface area contributed by atoms with Crippen LogP contribution in [0.4, 0.5) is 8.78 Å². The molecule has 0 amide bonds. The van der Waals surface area contributed by atoms with Crippen LogP contribution in [0.3, 0.4) is 0 Å².